The van der Waals surface area contributed by atoms with E-state index in [0.29, 0.717) is 19.6 Å². The zero-order valence-corrected chi connectivity index (χ0v) is 13.3. The summed E-state index contributed by atoms with van der Waals surface area (Å²) in [5.74, 6) is -0.204. The number of para-hydroxylation sites is 2. The number of carboxylic acids is 1. The number of aryl methyl sites for hydroxylation is 1. The molecule has 0 unspecified atom stereocenters. The van der Waals surface area contributed by atoms with Crippen molar-refractivity contribution in [1.29, 1.82) is 0 Å². The predicted molar refractivity (Wildman–Crippen MR) is 64.7 cm³/mol. The number of benzene rings is 1. The van der Waals surface area contributed by atoms with Crippen LogP contribution in [0.15, 0.2) is 24.3 Å². The Bertz CT molecular complexity index is 554. The van der Waals surface area contributed by atoms with Gasteiger partial charge in [-0.1, -0.05) is 12.1 Å². The van der Waals surface area contributed by atoms with Crippen molar-refractivity contribution >= 4 is 17.0 Å². The van der Waals surface area contributed by atoms with Crippen LogP contribution in [-0.2, 0) is 22.7 Å². The minimum atomic E-state index is -1.02. The molecule has 1 aromatic carbocycles. The Hall–Kier alpha value is -0.880. The number of aliphatic carboxylic acids is 1. The van der Waals surface area contributed by atoms with Gasteiger partial charge >= 0.3 is 29.6 Å². The van der Waals surface area contributed by atoms with Crippen LogP contribution >= 0.6 is 0 Å². The van der Waals surface area contributed by atoms with Crippen LogP contribution < -0.4 is 34.7 Å². The van der Waals surface area contributed by atoms with Gasteiger partial charge in [0.25, 0.3) is 0 Å². The van der Waals surface area contributed by atoms with Crippen LogP contribution in [0.3, 0.4) is 0 Å². The molecule has 0 aliphatic carbocycles. The molecule has 1 heterocycles. The van der Waals surface area contributed by atoms with Crippen LogP contribution in [0.25, 0.3) is 11.0 Å². The molecule has 1 aromatic heterocycles. The van der Waals surface area contributed by atoms with E-state index in [9.17, 15) is 9.90 Å². The van der Waals surface area contributed by atoms with E-state index >= 15 is 0 Å². The summed E-state index contributed by atoms with van der Waals surface area (Å²) >= 11 is 0. The number of fused-ring (bicyclic) bond motifs is 1. The molecule has 0 amide bonds. The second-order valence-corrected chi connectivity index (χ2v) is 4.08. The van der Waals surface area contributed by atoms with Crippen molar-refractivity contribution in [2.24, 2.45) is 0 Å². The van der Waals surface area contributed by atoms with Crippen molar-refractivity contribution < 1.29 is 44.2 Å². The largest absolute Gasteiger partial charge is 1.00 e. The third-order valence-electron chi connectivity index (χ3n) is 2.77. The number of hydrogen-bond acceptors (Lipinski definition) is 4. The zero-order chi connectivity index (χ0) is 13.0. The average molecular weight is 270 g/mol. The molecule has 0 radical (unpaired) electrons. The first kappa shape index (κ1) is 16.2. The van der Waals surface area contributed by atoms with Crippen molar-refractivity contribution in [2.45, 2.75) is 26.0 Å². The average Bonchev–Trinajstić information content (AvgIpc) is 2.68. The smallest absolute Gasteiger partial charge is 0.550 e. The third kappa shape index (κ3) is 4.04. The molecule has 96 valence electrons. The molecule has 0 saturated carbocycles. The maximum atomic E-state index is 10.4. The normalized spacial score (nSPS) is 10.4. The van der Waals surface area contributed by atoms with E-state index in [2.05, 4.69) is 4.98 Å². The molecule has 0 N–H and O–H groups in total. The Morgan fingerprint density at radius 3 is 2.84 bits per heavy atom. The van der Waals surface area contributed by atoms with E-state index in [4.69, 9.17) is 4.74 Å². The number of methoxy groups -OCH3 is 1. The summed E-state index contributed by atoms with van der Waals surface area (Å²) in [6.07, 6.45) is 0.582. The van der Waals surface area contributed by atoms with Crippen molar-refractivity contribution in [2.75, 3.05) is 7.11 Å². The van der Waals surface area contributed by atoms with Gasteiger partial charge in [-0.3, -0.25) is 0 Å². The molecular formula is C13H15N2NaO3. The van der Waals surface area contributed by atoms with Gasteiger partial charge in [-0.15, -0.1) is 0 Å². The summed E-state index contributed by atoms with van der Waals surface area (Å²) < 4.78 is 7.12. The number of aromatic nitrogens is 2. The number of nitrogens with zero attached hydrogens (tertiary/aromatic N) is 2. The van der Waals surface area contributed by atoms with E-state index in [0.717, 1.165) is 16.9 Å². The summed E-state index contributed by atoms with van der Waals surface area (Å²) in [5, 5.41) is 10.4. The van der Waals surface area contributed by atoms with E-state index in [-0.39, 0.29) is 36.0 Å². The Morgan fingerprint density at radius 2 is 2.16 bits per heavy atom. The van der Waals surface area contributed by atoms with Gasteiger partial charge in [0.1, 0.15) is 12.4 Å². The van der Waals surface area contributed by atoms with Crippen molar-refractivity contribution in [3.05, 3.63) is 30.1 Å². The number of imidazole rings is 1. The molecule has 0 aliphatic rings. The minimum Gasteiger partial charge on any atom is -0.550 e. The van der Waals surface area contributed by atoms with Crippen molar-refractivity contribution in [3.63, 3.8) is 0 Å². The Labute approximate surface area is 133 Å². The zero-order valence-electron chi connectivity index (χ0n) is 11.3. The van der Waals surface area contributed by atoms with Crippen LogP contribution in [0.2, 0.25) is 0 Å². The molecule has 0 saturated heterocycles. The number of hydrogen-bond donors (Lipinski definition) is 0. The van der Waals surface area contributed by atoms with Crippen molar-refractivity contribution in [3.8, 4) is 0 Å². The van der Waals surface area contributed by atoms with E-state index in [1.807, 2.05) is 28.8 Å². The van der Waals surface area contributed by atoms with Gasteiger partial charge in [0.05, 0.1) is 11.0 Å². The standard InChI is InChI=1S/C13H16N2O3.Na/c1-18-9-12-14-10-5-2-3-6-11(10)15(12)8-4-7-13(16)17;/h2-3,5-6H,4,7-9H2,1H3,(H,16,17);/q;+1/p-1. The van der Waals surface area contributed by atoms with Gasteiger partial charge in [0.2, 0.25) is 0 Å². The first-order valence-corrected chi connectivity index (χ1v) is 5.85. The number of rotatable bonds is 6. The molecule has 2 rings (SSSR count). The molecule has 19 heavy (non-hydrogen) atoms. The van der Waals surface area contributed by atoms with Crippen LogP contribution in [0.4, 0.5) is 0 Å². The molecule has 0 aliphatic heterocycles. The fourth-order valence-electron chi connectivity index (χ4n) is 2.00. The molecule has 0 bridgehead atoms. The Morgan fingerprint density at radius 1 is 1.42 bits per heavy atom. The van der Waals surface area contributed by atoms with Gasteiger partial charge in [-0.05, 0) is 25.0 Å². The Balaban J connectivity index is 0.00000180. The fourth-order valence-corrected chi connectivity index (χ4v) is 2.00. The number of carbonyl (C=O) groups is 1. The molecule has 0 spiro atoms. The van der Waals surface area contributed by atoms with E-state index in [1.54, 1.807) is 7.11 Å². The maximum absolute atomic E-state index is 10.4. The van der Waals surface area contributed by atoms with Gasteiger partial charge in [-0.2, -0.15) is 0 Å². The van der Waals surface area contributed by atoms with Crippen LogP contribution in [0, 0.1) is 0 Å². The van der Waals surface area contributed by atoms with E-state index < -0.39 is 5.97 Å². The van der Waals surface area contributed by atoms with Crippen LogP contribution in [0.5, 0.6) is 0 Å². The molecule has 5 nitrogen and oxygen atoms in total. The first-order chi connectivity index (χ1) is 8.72. The van der Waals surface area contributed by atoms with Crippen LogP contribution in [0.1, 0.15) is 18.7 Å². The summed E-state index contributed by atoms with van der Waals surface area (Å²) in [6.45, 7) is 1.02. The van der Waals surface area contributed by atoms with Gasteiger partial charge in [-0.25, -0.2) is 4.98 Å². The maximum Gasteiger partial charge on any atom is 1.00 e. The summed E-state index contributed by atoms with van der Waals surface area (Å²) in [5.41, 5.74) is 1.90. The summed E-state index contributed by atoms with van der Waals surface area (Å²) in [4.78, 5) is 14.9. The predicted octanol–water partition coefficient (Wildman–Crippen LogP) is -2.28. The Kier molecular flexibility index (Phi) is 6.51. The van der Waals surface area contributed by atoms with Gasteiger partial charge in [0.15, 0.2) is 0 Å². The monoisotopic (exact) mass is 270 g/mol. The minimum absolute atomic E-state index is 0. The quantitative estimate of drug-likeness (QED) is 0.555. The van der Waals surface area contributed by atoms with Crippen LogP contribution in [-0.4, -0.2) is 22.6 Å². The topological polar surface area (TPSA) is 67.2 Å². The molecule has 6 heteroatoms. The fraction of sp³-hybridized carbons (Fsp3) is 0.385. The van der Waals surface area contributed by atoms with Gasteiger partial charge in [0, 0.05) is 19.6 Å². The number of carbonyl (C=O) groups excluding carboxylic acids is 1. The van der Waals surface area contributed by atoms with Crippen molar-refractivity contribution in [1.82, 2.24) is 9.55 Å². The summed E-state index contributed by atoms with van der Waals surface area (Å²) in [7, 11) is 1.62. The molecular weight excluding hydrogens is 255 g/mol. The number of ether oxygens (including phenoxy) is 1. The first-order valence-electron chi connectivity index (χ1n) is 5.85. The molecule has 0 fully saturated rings. The number of carboxylic acid groups (broad SMARTS) is 1. The molecule has 0 atom stereocenters. The second kappa shape index (κ2) is 7.65. The SMILES string of the molecule is COCc1nc2ccccc2n1CCCC(=O)[O-].[Na+]. The van der Waals surface area contributed by atoms with Gasteiger partial charge < -0.3 is 19.2 Å². The molecule has 2 aromatic rings. The second-order valence-electron chi connectivity index (χ2n) is 4.08. The summed E-state index contributed by atoms with van der Waals surface area (Å²) in [6, 6.07) is 7.78. The third-order valence-corrected chi connectivity index (χ3v) is 2.77. The van der Waals surface area contributed by atoms with E-state index in [1.165, 1.54) is 0 Å².